The van der Waals surface area contributed by atoms with Crippen molar-refractivity contribution in [2.24, 2.45) is 23.7 Å². The average molecular weight is 475 g/mol. The molecule has 8 rings (SSSR count). The Morgan fingerprint density at radius 2 is 1.63 bits per heavy atom. The number of aryl methyl sites for hydroxylation is 1. The molecule has 1 aliphatic heterocycles. The monoisotopic (exact) mass is 474 g/mol. The van der Waals surface area contributed by atoms with Crippen molar-refractivity contribution in [3.8, 4) is 11.3 Å². The number of nitrogens with zero attached hydrogens (tertiary/aromatic N) is 4. The largest absolute Gasteiger partial charge is 0.336 e. The quantitative estimate of drug-likeness (QED) is 0.539. The van der Waals surface area contributed by atoms with Gasteiger partial charge in [-0.3, -0.25) is 9.69 Å². The van der Waals surface area contributed by atoms with Gasteiger partial charge in [0.05, 0.1) is 22.3 Å². The SMILES string of the molecule is Cc1noc2nc(-c3ccc(F)cc3)cc(C(=O)N3CCN(C4C5CC6CC(C5)CC4C6)CC3)c12. The minimum atomic E-state index is -0.307. The average Bonchev–Trinajstić information content (AvgIpc) is 3.24. The van der Waals surface area contributed by atoms with Crippen LogP contribution in [0.25, 0.3) is 22.4 Å². The van der Waals surface area contributed by atoms with Crippen LogP contribution in [-0.4, -0.2) is 58.1 Å². The fourth-order valence-electron chi connectivity index (χ4n) is 7.92. The van der Waals surface area contributed by atoms with Crippen LogP contribution < -0.4 is 0 Å². The summed E-state index contributed by atoms with van der Waals surface area (Å²) in [5.74, 6) is 3.38. The molecule has 0 radical (unpaired) electrons. The zero-order chi connectivity index (χ0) is 23.7. The number of pyridine rings is 1. The molecule has 6 nitrogen and oxygen atoms in total. The van der Waals surface area contributed by atoms with Crippen LogP contribution in [0.4, 0.5) is 4.39 Å². The van der Waals surface area contributed by atoms with Gasteiger partial charge in [-0.05, 0) is 93.0 Å². The number of halogens is 1. The van der Waals surface area contributed by atoms with Gasteiger partial charge in [0.15, 0.2) is 0 Å². The first kappa shape index (κ1) is 21.5. The number of benzene rings is 1. The van der Waals surface area contributed by atoms with Gasteiger partial charge in [-0.2, -0.15) is 0 Å². The summed E-state index contributed by atoms with van der Waals surface area (Å²) < 4.78 is 18.9. The van der Waals surface area contributed by atoms with E-state index in [1.165, 1.54) is 44.2 Å². The molecule has 0 N–H and O–H groups in total. The summed E-state index contributed by atoms with van der Waals surface area (Å²) >= 11 is 0. The minimum absolute atomic E-state index is 0.00297. The highest BCUT2D eigenvalue weighted by Gasteiger charge is 2.50. The third-order valence-electron chi connectivity index (χ3n) is 9.19. The van der Waals surface area contributed by atoms with Crippen LogP contribution in [0, 0.1) is 36.4 Å². The van der Waals surface area contributed by atoms with Crippen molar-refractivity contribution >= 4 is 17.0 Å². The third kappa shape index (κ3) is 3.58. The molecule has 0 unspecified atom stereocenters. The summed E-state index contributed by atoms with van der Waals surface area (Å²) in [6.45, 7) is 5.20. The Morgan fingerprint density at radius 3 is 2.29 bits per heavy atom. The lowest BCUT2D eigenvalue weighted by molar-refractivity contribution is -0.0743. The molecule has 3 aromatic rings. The Bertz CT molecular complexity index is 1250. The fourth-order valence-corrected chi connectivity index (χ4v) is 7.92. The van der Waals surface area contributed by atoms with Gasteiger partial charge in [-0.1, -0.05) is 5.16 Å². The van der Waals surface area contributed by atoms with E-state index in [1.807, 2.05) is 17.9 Å². The van der Waals surface area contributed by atoms with Gasteiger partial charge in [-0.25, -0.2) is 9.37 Å². The molecule has 4 aliphatic carbocycles. The Balaban J connectivity index is 1.13. The summed E-state index contributed by atoms with van der Waals surface area (Å²) in [6, 6.07) is 8.68. The van der Waals surface area contributed by atoms with Crippen molar-refractivity contribution < 1.29 is 13.7 Å². The second-order valence-electron chi connectivity index (χ2n) is 11.3. The van der Waals surface area contributed by atoms with Gasteiger partial charge in [0, 0.05) is 37.8 Å². The van der Waals surface area contributed by atoms with Crippen molar-refractivity contribution in [1.29, 1.82) is 0 Å². The number of carbonyl (C=O) groups is 1. The molecule has 2 aromatic heterocycles. The fraction of sp³-hybridized carbons (Fsp3) is 0.536. The van der Waals surface area contributed by atoms with Crippen LogP contribution in [0.1, 0.15) is 48.2 Å². The van der Waals surface area contributed by atoms with E-state index in [1.54, 1.807) is 12.1 Å². The van der Waals surface area contributed by atoms with Crippen molar-refractivity contribution in [2.75, 3.05) is 26.2 Å². The zero-order valence-corrected chi connectivity index (χ0v) is 20.1. The predicted octanol–water partition coefficient (Wildman–Crippen LogP) is 4.92. The maximum Gasteiger partial charge on any atom is 0.259 e. The van der Waals surface area contributed by atoms with Gasteiger partial charge >= 0.3 is 0 Å². The first-order valence-electron chi connectivity index (χ1n) is 13.1. The molecule has 35 heavy (non-hydrogen) atoms. The normalized spacial score (nSPS) is 30.3. The molecule has 0 atom stereocenters. The van der Waals surface area contributed by atoms with Crippen LogP contribution >= 0.6 is 0 Å². The molecule has 7 heteroatoms. The highest BCUT2D eigenvalue weighted by atomic mass is 19.1. The second-order valence-corrected chi connectivity index (χ2v) is 11.3. The standard InChI is InChI=1S/C28H31FN4O2/c1-16-25-23(15-24(30-27(25)35-31-16)19-2-4-22(29)5-3-19)28(34)33-8-6-32(7-9-33)26-20-11-17-10-18(13-20)14-21(26)12-17/h2-5,15,17-18,20-21,26H,6-14H2,1H3. The molecule has 1 amide bonds. The number of aromatic nitrogens is 2. The van der Waals surface area contributed by atoms with Crippen molar-refractivity contribution in [3.05, 3.63) is 47.4 Å². The maximum atomic E-state index is 13.8. The van der Waals surface area contributed by atoms with Gasteiger partial charge in [0.25, 0.3) is 11.6 Å². The predicted molar refractivity (Wildman–Crippen MR) is 130 cm³/mol. The molecule has 4 saturated carbocycles. The topological polar surface area (TPSA) is 62.5 Å². The molecule has 3 heterocycles. The van der Waals surface area contributed by atoms with Crippen LogP contribution in [0.5, 0.6) is 0 Å². The third-order valence-corrected chi connectivity index (χ3v) is 9.19. The van der Waals surface area contributed by atoms with Gasteiger partial charge in [-0.15, -0.1) is 0 Å². The van der Waals surface area contributed by atoms with Crippen LogP contribution in [0.3, 0.4) is 0 Å². The molecular formula is C28H31FN4O2. The number of fused-ring (bicyclic) bond motifs is 1. The number of hydrogen-bond acceptors (Lipinski definition) is 5. The van der Waals surface area contributed by atoms with E-state index < -0.39 is 0 Å². The first-order chi connectivity index (χ1) is 17.0. The summed E-state index contributed by atoms with van der Waals surface area (Å²) in [5, 5.41) is 4.74. The van der Waals surface area contributed by atoms with E-state index in [0.29, 0.717) is 28.1 Å². The summed E-state index contributed by atoms with van der Waals surface area (Å²) in [4.78, 5) is 23.0. The number of rotatable bonds is 3. The van der Waals surface area contributed by atoms with E-state index in [2.05, 4.69) is 15.0 Å². The molecule has 0 spiro atoms. The number of carbonyl (C=O) groups excluding carboxylic acids is 1. The Hall–Kier alpha value is -2.80. The summed E-state index contributed by atoms with van der Waals surface area (Å²) in [6.07, 6.45) is 7.16. The number of piperazine rings is 1. The van der Waals surface area contributed by atoms with Crippen molar-refractivity contribution in [2.45, 2.75) is 45.1 Å². The lowest BCUT2D eigenvalue weighted by Crippen LogP contribution is -2.60. The molecule has 5 fully saturated rings. The van der Waals surface area contributed by atoms with E-state index in [-0.39, 0.29) is 11.7 Å². The minimum Gasteiger partial charge on any atom is -0.336 e. The van der Waals surface area contributed by atoms with Gasteiger partial charge in [0.2, 0.25) is 0 Å². The Kier molecular flexibility index (Phi) is 4.98. The van der Waals surface area contributed by atoms with Gasteiger partial charge in [0.1, 0.15) is 5.82 Å². The van der Waals surface area contributed by atoms with Crippen LogP contribution in [0.15, 0.2) is 34.9 Å². The number of amides is 1. The molecule has 4 bridgehead atoms. The zero-order valence-electron chi connectivity index (χ0n) is 20.1. The van der Waals surface area contributed by atoms with E-state index >= 15 is 0 Å². The van der Waals surface area contributed by atoms with Crippen molar-refractivity contribution in [3.63, 3.8) is 0 Å². The summed E-state index contributed by atoms with van der Waals surface area (Å²) in [7, 11) is 0. The molecular weight excluding hydrogens is 443 g/mol. The van der Waals surface area contributed by atoms with E-state index in [9.17, 15) is 9.18 Å². The molecule has 1 saturated heterocycles. The molecule has 182 valence electrons. The smallest absolute Gasteiger partial charge is 0.259 e. The Morgan fingerprint density at radius 1 is 0.971 bits per heavy atom. The van der Waals surface area contributed by atoms with Gasteiger partial charge < -0.3 is 9.42 Å². The van der Waals surface area contributed by atoms with E-state index in [4.69, 9.17) is 4.52 Å². The lowest BCUT2D eigenvalue weighted by atomic mass is 9.54. The lowest BCUT2D eigenvalue weighted by Gasteiger charge is -2.58. The van der Waals surface area contributed by atoms with Crippen LogP contribution in [-0.2, 0) is 0 Å². The molecule has 1 aromatic carbocycles. The highest BCUT2D eigenvalue weighted by Crippen LogP contribution is 2.55. The first-order valence-corrected chi connectivity index (χ1v) is 13.1. The van der Waals surface area contributed by atoms with E-state index in [0.717, 1.165) is 61.5 Å². The second kappa shape index (κ2) is 8.12. The number of hydrogen-bond donors (Lipinski definition) is 0. The summed E-state index contributed by atoms with van der Waals surface area (Å²) in [5.41, 5.74) is 2.90. The Labute approximate surface area is 204 Å². The maximum absolute atomic E-state index is 13.8. The van der Waals surface area contributed by atoms with Crippen LogP contribution in [0.2, 0.25) is 0 Å². The van der Waals surface area contributed by atoms with Crippen molar-refractivity contribution in [1.82, 2.24) is 19.9 Å². The highest BCUT2D eigenvalue weighted by molar-refractivity contribution is 6.07. The molecule has 5 aliphatic rings.